The van der Waals surface area contributed by atoms with Gasteiger partial charge in [0.25, 0.3) is 0 Å². The molecule has 1 aliphatic heterocycles. The van der Waals surface area contributed by atoms with Gasteiger partial charge in [0, 0.05) is 27.1 Å². The Balaban J connectivity index is 2.23. The summed E-state index contributed by atoms with van der Waals surface area (Å²) in [5.74, 6) is -0.258. The van der Waals surface area contributed by atoms with E-state index in [-0.39, 0.29) is 18.4 Å². The zero-order chi connectivity index (χ0) is 13.8. The first kappa shape index (κ1) is 13.4. The summed E-state index contributed by atoms with van der Waals surface area (Å²) in [4.78, 5) is 27.0. The van der Waals surface area contributed by atoms with Crippen molar-refractivity contribution < 1.29 is 9.59 Å². The van der Waals surface area contributed by atoms with Crippen LogP contribution in [-0.4, -0.2) is 38.5 Å². The number of para-hydroxylation sites is 2. The molecule has 0 aromatic heterocycles. The first-order valence-corrected chi connectivity index (χ1v) is 6.44. The first-order valence-electron chi connectivity index (χ1n) is 6.44. The summed E-state index contributed by atoms with van der Waals surface area (Å²) in [7, 11) is 2.03. The topological polar surface area (TPSA) is 52.7 Å². The fraction of sp³-hybridized carbons (Fsp3) is 0.429. The van der Waals surface area contributed by atoms with Gasteiger partial charge in [0.1, 0.15) is 0 Å². The van der Waals surface area contributed by atoms with Crippen LogP contribution >= 0.6 is 0 Å². The van der Waals surface area contributed by atoms with Gasteiger partial charge in [-0.1, -0.05) is 12.1 Å². The summed E-state index contributed by atoms with van der Waals surface area (Å²) < 4.78 is 0. The van der Waals surface area contributed by atoms with Crippen LogP contribution in [0.4, 0.5) is 11.4 Å². The number of hydrogen-bond donors (Lipinski definition) is 1. The molecule has 2 amide bonds. The average Bonchev–Trinajstić information content (AvgIpc) is 2.56. The van der Waals surface area contributed by atoms with Crippen LogP contribution in [0.3, 0.4) is 0 Å². The van der Waals surface area contributed by atoms with Crippen molar-refractivity contribution >= 4 is 23.2 Å². The van der Waals surface area contributed by atoms with Crippen LogP contribution < -0.4 is 15.1 Å². The van der Waals surface area contributed by atoms with Gasteiger partial charge in [0.05, 0.1) is 17.9 Å². The molecule has 0 atom stereocenters. The number of hydrogen-bond acceptors (Lipinski definition) is 3. The molecular formula is C14H19N3O2. The molecule has 0 bridgehead atoms. The van der Waals surface area contributed by atoms with Crippen LogP contribution in [0.15, 0.2) is 24.3 Å². The molecule has 0 unspecified atom stereocenters. The van der Waals surface area contributed by atoms with E-state index in [4.69, 9.17) is 0 Å². The van der Waals surface area contributed by atoms with Crippen LogP contribution in [0.25, 0.3) is 0 Å². The highest BCUT2D eigenvalue weighted by atomic mass is 16.2. The Labute approximate surface area is 113 Å². The molecule has 1 heterocycles. The average molecular weight is 261 g/mol. The second-order valence-electron chi connectivity index (χ2n) is 4.72. The van der Waals surface area contributed by atoms with Gasteiger partial charge < -0.3 is 15.1 Å². The third-order valence-corrected chi connectivity index (χ3v) is 3.25. The van der Waals surface area contributed by atoms with Crippen molar-refractivity contribution in [2.45, 2.75) is 13.3 Å². The van der Waals surface area contributed by atoms with E-state index in [0.717, 1.165) is 24.3 Å². The molecule has 0 aliphatic carbocycles. The zero-order valence-corrected chi connectivity index (χ0v) is 11.3. The van der Waals surface area contributed by atoms with Gasteiger partial charge in [-0.25, -0.2) is 0 Å². The Hall–Kier alpha value is -2.04. The van der Waals surface area contributed by atoms with E-state index >= 15 is 0 Å². The van der Waals surface area contributed by atoms with Gasteiger partial charge >= 0.3 is 0 Å². The minimum atomic E-state index is -0.187. The molecule has 102 valence electrons. The Bertz CT molecular complexity index is 487. The lowest BCUT2D eigenvalue weighted by Crippen LogP contribution is -2.40. The van der Waals surface area contributed by atoms with Crippen LogP contribution in [-0.2, 0) is 9.59 Å². The molecule has 0 fully saturated rings. The van der Waals surface area contributed by atoms with Crippen molar-refractivity contribution in [3.8, 4) is 0 Å². The van der Waals surface area contributed by atoms with Gasteiger partial charge in [0.15, 0.2) is 0 Å². The number of carbonyl (C=O) groups excluding carboxylic acids is 2. The summed E-state index contributed by atoms with van der Waals surface area (Å²) >= 11 is 0. The van der Waals surface area contributed by atoms with Gasteiger partial charge in [-0.15, -0.1) is 0 Å². The lowest BCUT2D eigenvalue weighted by Gasteiger charge is -2.24. The maximum absolute atomic E-state index is 12.2. The van der Waals surface area contributed by atoms with Crippen LogP contribution in [0.5, 0.6) is 0 Å². The Kier molecular flexibility index (Phi) is 4.04. The number of benzene rings is 1. The largest absolute Gasteiger partial charge is 0.373 e. The molecular weight excluding hydrogens is 242 g/mol. The van der Waals surface area contributed by atoms with Crippen LogP contribution in [0.1, 0.15) is 13.3 Å². The number of anilines is 2. The minimum absolute atomic E-state index is 0.0490. The molecule has 19 heavy (non-hydrogen) atoms. The third-order valence-electron chi connectivity index (χ3n) is 3.25. The number of nitrogens with zero attached hydrogens (tertiary/aromatic N) is 2. The lowest BCUT2D eigenvalue weighted by atomic mass is 10.2. The van der Waals surface area contributed by atoms with Crippen molar-refractivity contribution in [3.63, 3.8) is 0 Å². The number of carbonyl (C=O) groups is 2. The molecule has 5 nitrogen and oxygen atoms in total. The molecule has 0 radical (unpaired) electrons. The van der Waals surface area contributed by atoms with Gasteiger partial charge in [-0.2, -0.15) is 0 Å². The molecule has 1 aromatic carbocycles. The lowest BCUT2D eigenvalue weighted by molar-refractivity contribution is -0.123. The first-order chi connectivity index (χ1) is 9.09. The van der Waals surface area contributed by atoms with Crippen molar-refractivity contribution in [2.24, 2.45) is 0 Å². The van der Waals surface area contributed by atoms with E-state index < -0.39 is 0 Å². The van der Waals surface area contributed by atoms with E-state index in [0.29, 0.717) is 6.54 Å². The highest BCUT2D eigenvalue weighted by Gasteiger charge is 2.22. The van der Waals surface area contributed by atoms with Gasteiger partial charge in [-0.05, 0) is 18.6 Å². The summed E-state index contributed by atoms with van der Waals surface area (Å²) in [6, 6.07) is 7.86. The summed E-state index contributed by atoms with van der Waals surface area (Å²) in [5, 5.41) is 2.56. The third kappa shape index (κ3) is 3.05. The Morgan fingerprint density at radius 3 is 2.58 bits per heavy atom. The van der Waals surface area contributed by atoms with Gasteiger partial charge in [-0.3, -0.25) is 9.59 Å². The number of nitrogens with one attached hydrogen (secondary N) is 1. The monoisotopic (exact) mass is 261 g/mol. The second kappa shape index (κ2) is 5.73. The van der Waals surface area contributed by atoms with Crippen molar-refractivity contribution in [1.29, 1.82) is 0 Å². The zero-order valence-electron chi connectivity index (χ0n) is 11.3. The maximum atomic E-state index is 12.2. The molecule has 2 rings (SSSR count). The van der Waals surface area contributed by atoms with E-state index in [1.54, 1.807) is 4.90 Å². The number of amides is 2. The number of rotatable bonds is 2. The highest BCUT2D eigenvalue weighted by Crippen LogP contribution is 2.31. The van der Waals surface area contributed by atoms with Crippen molar-refractivity contribution in [2.75, 3.05) is 36.5 Å². The predicted octanol–water partition coefficient (Wildman–Crippen LogP) is 0.996. The minimum Gasteiger partial charge on any atom is -0.373 e. The fourth-order valence-electron chi connectivity index (χ4n) is 2.28. The predicted molar refractivity (Wildman–Crippen MR) is 75.4 cm³/mol. The normalized spacial score (nSPS) is 14.6. The van der Waals surface area contributed by atoms with E-state index in [2.05, 4.69) is 10.2 Å². The molecule has 0 saturated heterocycles. The smallest absolute Gasteiger partial charge is 0.246 e. The van der Waals surface area contributed by atoms with E-state index in [1.807, 2.05) is 31.3 Å². The van der Waals surface area contributed by atoms with Gasteiger partial charge in [0.2, 0.25) is 11.8 Å². The molecule has 0 spiro atoms. The summed E-state index contributed by atoms with van der Waals surface area (Å²) in [6.45, 7) is 3.06. The summed E-state index contributed by atoms with van der Waals surface area (Å²) in [5.41, 5.74) is 1.97. The Morgan fingerprint density at radius 2 is 1.89 bits per heavy atom. The standard InChI is InChI=1S/C14H19N3O2/c1-11(18)15-10-14(19)17-9-5-8-16(2)12-6-3-4-7-13(12)17/h3-4,6-7H,5,8-10H2,1-2H3,(H,15,18). The molecule has 0 saturated carbocycles. The SMILES string of the molecule is CC(=O)NCC(=O)N1CCCN(C)c2ccccc21. The summed E-state index contributed by atoms with van der Waals surface area (Å²) in [6.07, 6.45) is 0.914. The molecule has 1 aromatic rings. The van der Waals surface area contributed by atoms with Crippen LogP contribution in [0, 0.1) is 0 Å². The Morgan fingerprint density at radius 1 is 1.21 bits per heavy atom. The van der Waals surface area contributed by atoms with E-state index in [9.17, 15) is 9.59 Å². The fourth-order valence-corrected chi connectivity index (χ4v) is 2.28. The van der Waals surface area contributed by atoms with Crippen LogP contribution in [0.2, 0.25) is 0 Å². The molecule has 1 aliphatic rings. The quantitative estimate of drug-likeness (QED) is 0.864. The van der Waals surface area contributed by atoms with Crippen molar-refractivity contribution in [1.82, 2.24) is 5.32 Å². The second-order valence-corrected chi connectivity index (χ2v) is 4.72. The maximum Gasteiger partial charge on any atom is 0.246 e. The molecule has 1 N–H and O–H groups in total. The number of fused-ring (bicyclic) bond motifs is 1. The van der Waals surface area contributed by atoms with Crippen molar-refractivity contribution in [3.05, 3.63) is 24.3 Å². The molecule has 5 heteroatoms. The highest BCUT2D eigenvalue weighted by molar-refractivity contribution is 5.99. The van der Waals surface area contributed by atoms with E-state index in [1.165, 1.54) is 6.92 Å².